The molecule has 0 aliphatic rings. The molecule has 0 spiro atoms. The Morgan fingerprint density at radius 1 is 1.23 bits per heavy atom. The van der Waals surface area contributed by atoms with Gasteiger partial charge >= 0.3 is 6.03 Å². The molecule has 0 unspecified atom stereocenters. The van der Waals surface area contributed by atoms with Crippen LogP contribution in [-0.2, 0) is 17.9 Å². The minimum atomic E-state index is -0.631. The van der Waals surface area contributed by atoms with Crippen LogP contribution in [0.3, 0.4) is 0 Å². The maximum Gasteiger partial charge on any atom is 0.322 e. The summed E-state index contributed by atoms with van der Waals surface area (Å²) in [5, 5.41) is 4.66. The zero-order valence-electron chi connectivity index (χ0n) is 11.6. The minimum absolute atomic E-state index is 0.116. The molecule has 0 aliphatic heterocycles. The Morgan fingerprint density at radius 3 is 2.73 bits per heavy atom. The van der Waals surface area contributed by atoms with Crippen molar-refractivity contribution < 1.29 is 23.4 Å². The summed E-state index contributed by atoms with van der Waals surface area (Å²) in [4.78, 5) is 34.3. The average Bonchev–Trinajstić information content (AvgIpc) is 2.98. The van der Waals surface area contributed by atoms with Crippen molar-refractivity contribution in [2.24, 2.45) is 5.73 Å². The van der Waals surface area contributed by atoms with Crippen molar-refractivity contribution in [3.05, 3.63) is 54.2 Å². The predicted molar refractivity (Wildman–Crippen MR) is 74.2 cm³/mol. The molecule has 0 radical (unpaired) electrons. The van der Waals surface area contributed by atoms with E-state index < -0.39 is 17.8 Å². The maximum absolute atomic E-state index is 11.7. The van der Waals surface area contributed by atoms with Crippen LogP contribution >= 0.6 is 0 Å². The first-order valence-electron chi connectivity index (χ1n) is 6.43. The molecule has 0 fully saturated rings. The quantitative estimate of drug-likeness (QED) is 0.657. The number of nitrogens with one attached hydrogen (secondary N) is 2. The predicted octanol–water partition coefficient (Wildman–Crippen LogP) is -0.308. The molecule has 4 amide bonds. The Bertz CT molecular complexity index is 682. The van der Waals surface area contributed by atoms with E-state index in [1.807, 2.05) is 0 Å². The number of nitrogens with two attached hydrogens (primary N) is 1. The third kappa shape index (κ3) is 4.44. The number of nitrogens with zero attached hydrogens (tertiary/aromatic N) is 1. The molecule has 8 heteroatoms. The maximum atomic E-state index is 11.7. The second-order valence-corrected chi connectivity index (χ2v) is 4.44. The molecule has 8 nitrogen and oxygen atoms in total. The van der Waals surface area contributed by atoms with Crippen molar-refractivity contribution in [3.63, 3.8) is 0 Å². The van der Waals surface area contributed by atoms with Crippen molar-refractivity contribution >= 4 is 17.8 Å². The Balaban J connectivity index is 1.83. The number of carbonyl (C=O) groups excluding carboxylic acids is 3. The Hall–Kier alpha value is -3.16. The molecule has 0 saturated carbocycles. The molecule has 114 valence electrons. The van der Waals surface area contributed by atoms with Crippen molar-refractivity contribution in [3.8, 4) is 0 Å². The first kappa shape index (κ1) is 15.2. The van der Waals surface area contributed by atoms with E-state index in [0.29, 0.717) is 5.76 Å². The molecule has 2 rings (SSSR count). The van der Waals surface area contributed by atoms with Crippen LogP contribution in [0.4, 0.5) is 4.79 Å². The zero-order chi connectivity index (χ0) is 15.9. The van der Waals surface area contributed by atoms with Crippen LogP contribution in [0.2, 0.25) is 0 Å². The summed E-state index contributed by atoms with van der Waals surface area (Å²) in [5.41, 5.74) is 5.43. The summed E-state index contributed by atoms with van der Waals surface area (Å²) in [6, 6.07) is 5.89. The second-order valence-electron chi connectivity index (χ2n) is 4.44. The topological polar surface area (TPSA) is 118 Å². The highest BCUT2D eigenvalue weighted by molar-refractivity contribution is 5.93. The number of hydrogen-bond donors (Lipinski definition) is 3. The fourth-order valence-corrected chi connectivity index (χ4v) is 1.72. The van der Waals surface area contributed by atoms with Gasteiger partial charge in [0.25, 0.3) is 11.8 Å². The molecule has 4 N–H and O–H groups in total. The number of rotatable bonds is 5. The van der Waals surface area contributed by atoms with Crippen LogP contribution in [0.1, 0.15) is 16.1 Å². The zero-order valence-corrected chi connectivity index (χ0v) is 11.6. The minimum Gasteiger partial charge on any atom is -0.467 e. The van der Waals surface area contributed by atoms with E-state index in [1.165, 1.54) is 23.1 Å². The number of aromatic nitrogens is 1. The highest BCUT2D eigenvalue weighted by Crippen LogP contribution is 1.98. The molecule has 2 aromatic heterocycles. The van der Waals surface area contributed by atoms with Gasteiger partial charge in [-0.1, -0.05) is 0 Å². The monoisotopic (exact) mass is 303 g/mol. The van der Waals surface area contributed by atoms with Gasteiger partial charge in [0.2, 0.25) is 6.54 Å². The lowest BCUT2D eigenvalue weighted by Gasteiger charge is -2.04. The van der Waals surface area contributed by atoms with Gasteiger partial charge in [-0.25, -0.2) is 4.79 Å². The van der Waals surface area contributed by atoms with E-state index in [0.717, 1.165) is 0 Å². The largest absolute Gasteiger partial charge is 0.467 e. The molecule has 22 heavy (non-hydrogen) atoms. The van der Waals surface area contributed by atoms with Gasteiger partial charge in [-0.05, 0) is 18.2 Å². The van der Waals surface area contributed by atoms with Crippen molar-refractivity contribution in [2.45, 2.75) is 13.1 Å². The van der Waals surface area contributed by atoms with Crippen molar-refractivity contribution in [1.82, 2.24) is 10.6 Å². The summed E-state index contributed by atoms with van der Waals surface area (Å²) >= 11 is 0. The Morgan fingerprint density at radius 2 is 2.05 bits per heavy atom. The van der Waals surface area contributed by atoms with Gasteiger partial charge in [-0.15, -0.1) is 0 Å². The molecule has 0 atom stereocenters. The Labute approximate surface area is 125 Å². The fourth-order valence-electron chi connectivity index (χ4n) is 1.72. The van der Waals surface area contributed by atoms with Gasteiger partial charge in [-0.2, -0.15) is 4.57 Å². The molecule has 0 saturated heterocycles. The first-order valence-corrected chi connectivity index (χ1v) is 6.43. The van der Waals surface area contributed by atoms with Crippen LogP contribution in [-0.4, -0.2) is 17.8 Å². The molecular formula is C14H15N4O4+. The highest BCUT2D eigenvalue weighted by atomic mass is 16.3. The van der Waals surface area contributed by atoms with Gasteiger partial charge in [0, 0.05) is 6.07 Å². The van der Waals surface area contributed by atoms with Crippen LogP contribution < -0.4 is 20.9 Å². The third-order valence-corrected chi connectivity index (χ3v) is 2.73. The summed E-state index contributed by atoms with van der Waals surface area (Å²) in [5.74, 6) is -0.541. The normalized spacial score (nSPS) is 10.0. The third-order valence-electron chi connectivity index (χ3n) is 2.73. The lowest BCUT2D eigenvalue weighted by Crippen LogP contribution is -2.47. The molecule has 2 aromatic rings. The summed E-state index contributed by atoms with van der Waals surface area (Å²) in [6.45, 7) is 0.0612. The van der Waals surface area contributed by atoms with E-state index in [4.69, 9.17) is 10.2 Å². The number of amides is 4. The van der Waals surface area contributed by atoms with Crippen LogP contribution in [0, 0.1) is 0 Å². The van der Waals surface area contributed by atoms with E-state index >= 15 is 0 Å². The number of primary amides is 1. The molecule has 0 aliphatic carbocycles. The van der Waals surface area contributed by atoms with Gasteiger partial charge in [0.15, 0.2) is 12.4 Å². The van der Waals surface area contributed by atoms with E-state index in [9.17, 15) is 14.4 Å². The summed E-state index contributed by atoms with van der Waals surface area (Å²) < 4.78 is 6.50. The smallest absolute Gasteiger partial charge is 0.322 e. The second kappa shape index (κ2) is 7.02. The first-order chi connectivity index (χ1) is 10.5. The van der Waals surface area contributed by atoms with Crippen LogP contribution in [0.15, 0.2) is 47.3 Å². The van der Waals surface area contributed by atoms with Gasteiger partial charge in [-0.3, -0.25) is 14.9 Å². The number of furan rings is 1. The fraction of sp³-hybridized carbons (Fsp3) is 0.143. The van der Waals surface area contributed by atoms with Crippen molar-refractivity contribution in [1.29, 1.82) is 0 Å². The van der Waals surface area contributed by atoms with E-state index in [2.05, 4.69) is 10.6 Å². The number of urea groups is 1. The number of imide groups is 1. The summed E-state index contributed by atoms with van der Waals surface area (Å²) in [7, 11) is 0. The standard InChI is InChI=1S/C14H14N4O4/c15-13(20)10-3-1-5-18(8-10)9-12(19)17-14(21)16-7-11-4-2-6-22-11/h1-6,8H,7,9H2,(H3-,15,16,17,19,20,21)/p+1. The molecule has 2 heterocycles. The number of pyridine rings is 1. The SMILES string of the molecule is NC(=O)c1ccc[n+](CC(=O)NC(=O)NCc2ccco2)c1. The Kier molecular flexibility index (Phi) is 4.86. The van der Waals surface area contributed by atoms with Gasteiger partial charge in [0.05, 0.1) is 12.8 Å². The van der Waals surface area contributed by atoms with E-state index in [1.54, 1.807) is 24.4 Å². The van der Waals surface area contributed by atoms with Gasteiger partial charge in [0.1, 0.15) is 11.3 Å². The van der Waals surface area contributed by atoms with Crippen LogP contribution in [0.5, 0.6) is 0 Å². The number of carbonyl (C=O) groups is 3. The lowest BCUT2D eigenvalue weighted by molar-refractivity contribution is -0.684. The molecular weight excluding hydrogens is 288 g/mol. The molecule has 0 aromatic carbocycles. The van der Waals surface area contributed by atoms with Crippen LogP contribution in [0.25, 0.3) is 0 Å². The van der Waals surface area contributed by atoms with Gasteiger partial charge < -0.3 is 15.5 Å². The lowest BCUT2D eigenvalue weighted by atomic mass is 10.3. The molecule has 0 bridgehead atoms. The summed E-state index contributed by atoms with van der Waals surface area (Å²) in [6.07, 6.45) is 4.51. The van der Waals surface area contributed by atoms with E-state index in [-0.39, 0.29) is 18.7 Å². The number of hydrogen-bond acceptors (Lipinski definition) is 4. The highest BCUT2D eigenvalue weighted by Gasteiger charge is 2.14. The average molecular weight is 303 g/mol. The van der Waals surface area contributed by atoms with Crippen molar-refractivity contribution in [2.75, 3.05) is 0 Å².